The highest BCUT2D eigenvalue weighted by molar-refractivity contribution is 5.94. The quantitative estimate of drug-likeness (QED) is 0.856. The van der Waals surface area contributed by atoms with Gasteiger partial charge in [0.2, 0.25) is 0 Å². The number of likely N-dealkylation sites (tertiary alicyclic amines) is 1. The number of rotatable bonds is 3. The standard InChI is InChI=1S/C17H22N4O3/c1-11-12(2)18-10-21(16(11)22)9-14-4-6-20(7-5-14)17(23)15-8-19-24-13(15)3/h8,10,14H,4-7,9H2,1-3H3. The lowest BCUT2D eigenvalue weighted by atomic mass is 9.96. The maximum Gasteiger partial charge on any atom is 0.259 e. The van der Waals surface area contributed by atoms with Gasteiger partial charge in [0.1, 0.15) is 11.3 Å². The lowest BCUT2D eigenvalue weighted by Crippen LogP contribution is -2.40. The molecule has 0 unspecified atom stereocenters. The average Bonchev–Trinajstić information content (AvgIpc) is 3.01. The van der Waals surface area contributed by atoms with Crippen molar-refractivity contribution < 1.29 is 9.32 Å². The largest absolute Gasteiger partial charge is 0.361 e. The molecule has 0 atom stereocenters. The Labute approximate surface area is 140 Å². The van der Waals surface area contributed by atoms with Gasteiger partial charge >= 0.3 is 0 Å². The van der Waals surface area contributed by atoms with Gasteiger partial charge in [-0.25, -0.2) is 4.98 Å². The van der Waals surface area contributed by atoms with Crippen molar-refractivity contribution in [2.75, 3.05) is 13.1 Å². The van der Waals surface area contributed by atoms with Gasteiger partial charge in [0, 0.05) is 30.9 Å². The first-order chi connectivity index (χ1) is 11.5. The third kappa shape index (κ3) is 3.11. The minimum Gasteiger partial charge on any atom is -0.361 e. The van der Waals surface area contributed by atoms with E-state index in [2.05, 4.69) is 10.1 Å². The molecule has 3 rings (SSSR count). The topological polar surface area (TPSA) is 81.2 Å². The van der Waals surface area contributed by atoms with Crippen LogP contribution >= 0.6 is 0 Å². The Morgan fingerprint density at radius 3 is 2.62 bits per heavy atom. The predicted molar refractivity (Wildman–Crippen MR) is 87.8 cm³/mol. The third-order valence-corrected chi connectivity index (χ3v) is 4.85. The molecule has 0 spiro atoms. The van der Waals surface area contributed by atoms with Crippen LogP contribution in [0.5, 0.6) is 0 Å². The summed E-state index contributed by atoms with van der Waals surface area (Å²) >= 11 is 0. The zero-order chi connectivity index (χ0) is 17.3. The van der Waals surface area contributed by atoms with Crippen LogP contribution in [0.2, 0.25) is 0 Å². The van der Waals surface area contributed by atoms with Crippen LogP contribution in [-0.2, 0) is 6.54 Å². The van der Waals surface area contributed by atoms with E-state index in [9.17, 15) is 9.59 Å². The number of carbonyl (C=O) groups excluding carboxylic acids is 1. The van der Waals surface area contributed by atoms with Gasteiger partial charge < -0.3 is 9.42 Å². The summed E-state index contributed by atoms with van der Waals surface area (Å²) in [6, 6.07) is 0. The Bertz CT molecular complexity index is 800. The first-order valence-corrected chi connectivity index (χ1v) is 8.20. The van der Waals surface area contributed by atoms with E-state index in [0.29, 0.717) is 42.4 Å². The van der Waals surface area contributed by atoms with Crippen molar-refractivity contribution in [1.29, 1.82) is 0 Å². The second-order valence-electron chi connectivity index (χ2n) is 6.44. The van der Waals surface area contributed by atoms with Crippen molar-refractivity contribution in [2.24, 2.45) is 5.92 Å². The van der Waals surface area contributed by atoms with Gasteiger partial charge in [0.25, 0.3) is 11.5 Å². The van der Waals surface area contributed by atoms with Crippen molar-refractivity contribution >= 4 is 5.91 Å². The fraction of sp³-hybridized carbons (Fsp3) is 0.529. The third-order valence-electron chi connectivity index (χ3n) is 4.85. The maximum absolute atomic E-state index is 12.4. The van der Waals surface area contributed by atoms with E-state index in [1.807, 2.05) is 18.7 Å². The van der Waals surface area contributed by atoms with Crippen LogP contribution < -0.4 is 5.56 Å². The molecule has 1 amide bonds. The molecule has 24 heavy (non-hydrogen) atoms. The Kier molecular flexibility index (Phi) is 4.51. The van der Waals surface area contributed by atoms with E-state index in [0.717, 1.165) is 18.5 Å². The van der Waals surface area contributed by atoms with Crippen molar-refractivity contribution in [3.05, 3.63) is 45.5 Å². The van der Waals surface area contributed by atoms with Crippen molar-refractivity contribution in [1.82, 2.24) is 19.6 Å². The van der Waals surface area contributed by atoms with Crippen LogP contribution in [0, 0.1) is 26.7 Å². The molecule has 7 heteroatoms. The normalized spacial score (nSPS) is 15.7. The molecule has 0 saturated carbocycles. The van der Waals surface area contributed by atoms with E-state index < -0.39 is 0 Å². The number of nitrogens with zero attached hydrogens (tertiary/aromatic N) is 4. The Morgan fingerprint density at radius 1 is 1.29 bits per heavy atom. The minimum atomic E-state index is -0.0304. The van der Waals surface area contributed by atoms with Crippen LogP contribution in [-0.4, -0.2) is 38.6 Å². The molecule has 0 radical (unpaired) electrons. The number of aryl methyl sites for hydroxylation is 2. The molecule has 0 N–H and O–H groups in total. The zero-order valence-corrected chi connectivity index (χ0v) is 14.3. The van der Waals surface area contributed by atoms with Gasteiger partial charge in [0.05, 0.1) is 12.5 Å². The van der Waals surface area contributed by atoms with E-state index >= 15 is 0 Å². The summed E-state index contributed by atoms with van der Waals surface area (Å²) in [6.07, 6.45) is 4.84. The van der Waals surface area contributed by atoms with Gasteiger partial charge in [0.15, 0.2) is 0 Å². The number of hydrogen-bond acceptors (Lipinski definition) is 5. The molecule has 7 nitrogen and oxygen atoms in total. The SMILES string of the molecule is Cc1ncn(CC2CCN(C(=O)c3cnoc3C)CC2)c(=O)c1C. The number of amides is 1. The lowest BCUT2D eigenvalue weighted by Gasteiger charge is -2.32. The molecule has 1 aliphatic rings. The summed E-state index contributed by atoms with van der Waals surface area (Å²) in [6.45, 7) is 7.41. The summed E-state index contributed by atoms with van der Waals surface area (Å²) in [7, 11) is 0. The van der Waals surface area contributed by atoms with E-state index in [1.54, 1.807) is 17.8 Å². The lowest BCUT2D eigenvalue weighted by molar-refractivity contribution is 0.0680. The van der Waals surface area contributed by atoms with Crippen LogP contribution in [0.4, 0.5) is 0 Å². The summed E-state index contributed by atoms with van der Waals surface area (Å²) in [5.41, 5.74) is 2.04. The number of aromatic nitrogens is 3. The van der Waals surface area contributed by atoms with E-state index in [1.165, 1.54) is 6.20 Å². The molecule has 0 aromatic carbocycles. The van der Waals surface area contributed by atoms with E-state index in [-0.39, 0.29) is 11.5 Å². The molecule has 3 heterocycles. The summed E-state index contributed by atoms with van der Waals surface area (Å²) < 4.78 is 6.66. The second kappa shape index (κ2) is 6.59. The molecule has 0 aliphatic carbocycles. The van der Waals surface area contributed by atoms with Crippen LogP contribution in [0.3, 0.4) is 0 Å². The molecule has 0 bridgehead atoms. The van der Waals surface area contributed by atoms with Crippen molar-refractivity contribution in [2.45, 2.75) is 40.2 Å². The molecule has 1 aliphatic heterocycles. The molecule has 128 valence electrons. The molecule has 2 aromatic heterocycles. The number of carbonyl (C=O) groups is 1. The average molecular weight is 330 g/mol. The second-order valence-corrected chi connectivity index (χ2v) is 6.44. The van der Waals surface area contributed by atoms with Gasteiger partial charge in [-0.2, -0.15) is 0 Å². The fourth-order valence-corrected chi connectivity index (χ4v) is 3.08. The molecule has 2 aromatic rings. The summed E-state index contributed by atoms with van der Waals surface area (Å²) in [5, 5.41) is 3.67. The Balaban J connectivity index is 1.62. The van der Waals surface area contributed by atoms with Gasteiger partial charge in [-0.1, -0.05) is 5.16 Å². The highest BCUT2D eigenvalue weighted by Crippen LogP contribution is 2.21. The maximum atomic E-state index is 12.4. The van der Waals surface area contributed by atoms with Gasteiger partial charge in [-0.05, 0) is 39.5 Å². The monoisotopic (exact) mass is 330 g/mol. The van der Waals surface area contributed by atoms with Crippen LogP contribution in [0.25, 0.3) is 0 Å². The summed E-state index contributed by atoms with van der Waals surface area (Å²) in [5.74, 6) is 0.895. The highest BCUT2D eigenvalue weighted by atomic mass is 16.5. The number of piperidine rings is 1. The Morgan fingerprint density at radius 2 is 2.00 bits per heavy atom. The molecular formula is C17H22N4O3. The fourth-order valence-electron chi connectivity index (χ4n) is 3.08. The molecule has 1 fully saturated rings. The first kappa shape index (κ1) is 16.4. The highest BCUT2D eigenvalue weighted by Gasteiger charge is 2.26. The van der Waals surface area contributed by atoms with Gasteiger partial charge in [-0.3, -0.25) is 14.2 Å². The van der Waals surface area contributed by atoms with Crippen LogP contribution in [0.1, 0.15) is 40.2 Å². The minimum absolute atomic E-state index is 0.0288. The number of hydrogen-bond donors (Lipinski definition) is 0. The van der Waals surface area contributed by atoms with Crippen molar-refractivity contribution in [3.63, 3.8) is 0 Å². The van der Waals surface area contributed by atoms with Crippen molar-refractivity contribution in [3.8, 4) is 0 Å². The predicted octanol–water partition coefficient (Wildman–Crippen LogP) is 1.71. The smallest absolute Gasteiger partial charge is 0.259 e. The first-order valence-electron chi connectivity index (χ1n) is 8.20. The summed E-state index contributed by atoms with van der Waals surface area (Å²) in [4.78, 5) is 30.8. The zero-order valence-electron chi connectivity index (χ0n) is 14.3. The Hall–Kier alpha value is -2.44. The van der Waals surface area contributed by atoms with Crippen LogP contribution in [0.15, 0.2) is 21.8 Å². The molecule has 1 saturated heterocycles. The van der Waals surface area contributed by atoms with E-state index in [4.69, 9.17) is 4.52 Å². The van der Waals surface area contributed by atoms with Gasteiger partial charge in [-0.15, -0.1) is 0 Å². The molecular weight excluding hydrogens is 308 g/mol.